The summed E-state index contributed by atoms with van der Waals surface area (Å²) in [6, 6.07) is 14.0. The molecule has 0 aromatic heterocycles. The number of nitriles is 1. The van der Waals surface area contributed by atoms with Crippen LogP contribution in [0.2, 0.25) is 0 Å². The van der Waals surface area contributed by atoms with Crippen LogP contribution in [0.5, 0.6) is 0 Å². The molecule has 1 aliphatic heterocycles. The Hall–Kier alpha value is -3.13. The number of rotatable bonds is 2. The lowest BCUT2D eigenvalue weighted by atomic mass is 9.85. The monoisotopic (exact) mass is 305 g/mol. The van der Waals surface area contributed by atoms with Gasteiger partial charge in [-0.3, -0.25) is 9.59 Å². The maximum absolute atomic E-state index is 12.4. The number of para-hydroxylation sites is 1. The highest BCUT2D eigenvalue weighted by Gasteiger charge is 2.38. The maximum Gasteiger partial charge on any atom is 0.255 e. The van der Waals surface area contributed by atoms with E-state index in [2.05, 4.69) is 10.6 Å². The molecule has 0 radical (unpaired) electrons. The van der Waals surface area contributed by atoms with Gasteiger partial charge in [-0.05, 0) is 49.7 Å². The van der Waals surface area contributed by atoms with Gasteiger partial charge in [0, 0.05) is 11.3 Å². The fourth-order valence-electron chi connectivity index (χ4n) is 2.60. The van der Waals surface area contributed by atoms with Crippen molar-refractivity contribution in [1.82, 2.24) is 0 Å². The predicted molar refractivity (Wildman–Crippen MR) is 87.2 cm³/mol. The molecule has 2 N–H and O–H groups in total. The van der Waals surface area contributed by atoms with Crippen molar-refractivity contribution in [2.24, 2.45) is 0 Å². The second-order valence-corrected chi connectivity index (χ2v) is 5.95. The van der Waals surface area contributed by atoms with Gasteiger partial charge in [0.15, 0.2) is 0 Å². The second-order valence-electron chi connectivity index (χ2n) is 5.95. The minimum atomic E-state index is -0.670. The van der Waals surface area contributed by atoms with Crippen LogP contribution in [0.3, 0.4) is 0 Å². The highest BCUT2D eigenvalue weighted by Crippen LogP contribution is 2.37. The summed E-state index contributed by atoms with van der Waals surface area (Å²) >= 11 is 0. The minimum Gasteiger partial charge on any atom is -0.325 e. The summed E-state index contributed by atoms with van der Waals surface area (Å²) < 4.78 is 0. The second kappa shape index (κ2) is 5.25. The van der Waals surface area contributed by atoms with Crippen molar-refractivity contribution in [2.75, 3.05) is 10.6 Å². The number of hydrogen-bond acceptors (Lipinski definition) is 3. The Morgan fingerprint density at radius 1 is 1.22 bits per heavy atom. The van der Waals surface area contributed by atoms with Crippen LogP contribution in [0.1, 0.15) is 35.3 Å². The molecule has 2 aromatic carbocycles. The van der Waals surface area contributed by atoms with Gasteiger partial charge in [-0.25, -0.2) is 0 Å². The molecule has 0 spiro atoms. The van der Waals surface area contributed by atoms with Gasteiger partial charge in [0.1, 0.15) is 6.07 Å². The molecule has 1 heterocycles. The van der Waals surface area contributed by atoms with E-state index in [1.807, 2.05) is 19.9 Å². The molecule has 0 saturated heterocycles. The third-order valence-corrected chi connectivity index (χ3v) is 4.07. The average Bonchev–Trinajstić information content (AvgIpc) is 2.77. The third kappa shape index (κ3) is 2.44. The third-order valence-electron chi connectivity index (χ3n) is 4.07. The summed E-state index contributed by atoms with van der Waals surface area (Å²) in [4.78, 5) is 24.4. The molecule has 2 aromatic rings. The number of anilines is 2. The van der Waals surface area contributed by atoms with E-state index in [9.17, 15) is 9.59 Å². The van der Waals surface area contributed by atoms with E-state index in [0.29, 0.717) is 16.8 Å². The van der Waals surface area contributed by atoms with Gasteiger partial charge in [-0.1, -0.05) is 12.1 Å². The van der Waals surface area contributed by atoms with Gasteiger partial charge in [0.25, 0.3) is 5.91 Å². The van der Waals surface area contributed by atoms with Crippen LogP contribution < -0.4 is 10.6 Å². The van der Waals surface area contributed by atoms with Gasteiger partial charge in [0.05, 0.1) is 16.7 Å². The Balaban J connectivity index is 1.92. The lowest BCUT2D eigenvalue weighted by Crippen LogP contribution is -2.27. The number of carbonyl (C=O) groups excluding carboxylic acids is 2. The first kappa shape index (κ1) is 14.8. The number of fused-ring (bicyclic) bond motifs is 1. The normalized spacial score (nSPS) is 14.6. The van der Waals surface area contributed by atoms with Crippen molar-refractivity contribution in [2.45, 2.75) is 19.3 Å². The van der Waals surface area contributed by atoms with Crippen molar-refractivity contribution < 1.29 is 9.59 Å². The van der Waals surface area contributed by atoms with Crippen molar-refractivity contribution in [3.05, 3.63) is 59.2 Å². The molecule has 0 bridgehead atoms. The van der Waals surface area contributed by atoms with Crippen LogP contribution in [0.25, 0.3) is 0 Å². The maximum atomic E-state index is 12.4. The number of amides is 2. The van der Waals surface area contributed by atoms with Gasteiger partial charge in [-0.15, -0.1) is 0 Å². The van der Waals surface area contributed by atoms with Crippen molar-refractivity contribution in [1.29, 1.82) is 5.26 Å². The quantitative estimate of drug-likeness (QED) is 0.894. The molecule has 0 unspecified atom stereocenters. The molecule has 114 valence electrons. The van der Waals surface area contributed by atoms with E-state index in [0.717, 1.165) is 11.3 Å². The summed E-state index contributed by atoms with van der Waals surface area (Å²) in [6.45, 7) is 3.64. The Morgan fingerprint density at radius 3 is 2.70 bits per heavy atom. The van der Waals surface area contributed by atoms with Gasteiger partial charge in [-0.2, -0.15) is 5.26 Å². The van der Waals surface area contributed by atoms with Crippen LogP contribution in [-0.4, -0.2) is 11.8 Å². The smallest absolute Gasteiger partial charge is 0.255 e. The van der Waals surface area contributed by atoms with Crippen LogP contribution in [0, 0.1) is 11.3 Å². The largest absolute Gasteiger partial charge is 0.325 e. The highest BCUT2D eigenvalue weighted by atomic mass is 16.2. The molecule has 0 fully saturated rings. The van der Waals surface area contributed by atoms with Gasteiger partial charge in [0.2, 0.25) is 5.91 Å². The SMILES string of the molecule is CC1(C)C(=O)Nc2ccc(C(=O)Nc3ccccc3C#N)cc21. The molecular formula is C18H15N3O2. The van der Waals surface area contributed by atoms with E-state index in [-0.39, 0.29) is 11.8 Å². The zero-order chi connectivity index (χ0) is 16.6. The first-order valence-electron chi connectivity index (χ1n) is 7.20. The number of benzene rings is 2. The Labute approximate surface area is 133 Å². The van der Waals surface area contributed by atoms with E-state index in [1.54, 1.807) is 42.5 Å². The van der Waals surface area contributed by atoms with Crippen LogP contribution in [0.4, 0.5) is 11.4 Å². The molecule has 2 amide bonds. The first-order chi connectivity index (χ1) is 10.9. The molecule has 0 atom stereocenters. The summed E-state index contributed by atoms with van der Waals surface area (Å²) in [5.74, 6) is -0.398. The molecule has 0 saturated carbocycles. The predicted octanol–water partition coefficient (Wildman–Crippen LogP) is 3.04. The van der Waals surface area contributed by atoms with Crippen molar-refractivity contribution >= 4 is 23.2 Å². The minimum absolute atomic E-state index is 0.0834. The molecule has 5 heteroatoms. The number of nitrogens with one attached hydrogen (secondary N) is 2. The molecular weight excluding hydrogens is 290 g/mol. The summed E-state index contributed by atoms with van der Waals surface area (Å²) in [5.41, 5.74) is 2.17. The summed E-state index contributed by atoms with van der Waals surface area (Å²) in [7, 11) is 0. The molecule has 3 rings (SSSR count). The van der Waals surface area contributed by atoms with E-state index in [1.165, 1.54) is 0 Å². The first-order valence-corrected chi connectivity index (χ1v) is 7.20. The Bertz CT molecular complexity index is 863. The van der Waals surface area contributed by atoms with Crippen LogP contribution in [-0.2, 0) is 10.2 Å². The zero-order valence-corrected chi connectivity index (χ0v) is 12.8. The molecule has 1 aliphatic rings. The van der Waals surface area contributed by atoms with Crippen LogP contribution in [0.15, 0.2) is 42.5 Å². The summed E-state index contributed by atoms with van der Waals surface area (Å²) in [5, 5.41) is 14.6. The van der Waals surface area contributed by atoms with E-state index >= 15 is 0 Å². The Morgan fingerprint density at radius 2 is 1.96 bits per heavy atom. The van der Waals surface area contributed by atoms with E-state index in [4.69, 9.17) is 5.26 Å². The van der Waals surface area contributed by atoms with E-state index < -0.39 is 5.41 Å². The van der Waals surface area contributed by atoms with Crippen LogP contribution >= 0.6 is 0 Å². The highest BCUT2D eigenvalue weighted by molar-refractivity contribution is 6.09. The summed E-state index contributed by atoms with van der Waals surface area (Å²) in [6.07, 6.45) is 0. The standard InChI is InChI=1S/C18H15N3O2/c1-18(2)13-9-11(7-8-15(13)21-17(18)23)16(22)20-14-6-4-3-5-12(14)10-19/h3-9H,1-2H3,(H,20,22)(H,21,23). The average molecular weight is 305 g/mol. The van der Waals surface area contributed by atoms with Crippen molar-refractivity contribution in [3.63, 3.8) is 0 Å². The van der Waals surface area contributed by atoms with Gasteiger partial charge >= 0.3 is 0 Å². The molecule has 0 aliphatic carbocycles. The Kier molecular flexibility index (Phi) is 3.38. The topological polar surface area (TPSA) is 82.0 Å². The zero-order valence-electron chi connectivity index (χ0n) is 12.8. The lowest BCUT2D eigenvalue weighted by Gasteiger charge is -2.15. The number of nitrogens with zero attached hydrogens (tertiary/aromatic N) is 1. The number of hydrogen-bond donors (Lipinski definition) is 2. The fraction of sp³-hybridized carbons (Fsp3) is 0.167. The molecule has 23 heavy (non-hydrogen) atoms. The van der Waals surface area contributed by atoms with Crippen molar-refractivity contribution in [3.8, 4) is 6.07 Å². The fourth-order valence-corrected chi connectivity index (χ4v) is 2.60. The molecule has 5 nitrogen and oxygen atoms in total. The number of carbonyl (C=O) groups is 2. The van der Waals surface area contributed by atoms with Gasteiger partial charge < -0.3 is 10.6 Å². The lowest BCUT2D eigenvalue weighted by molar-refractivity contribution is -0.119.